The van der Waals surface area contributed by atoms with Crippen molar-refractivity contribution < 1.29 is 18.4 Å². The van der Waals surface area contributed by atoms with E-state index in [1.807, 2.05) is 0 Å². The van der Waals surface area contributed by atoms with Gasteiger partial charge in [0.15, 0.2) is 23.3 Å². The zero-order valence-electron chi connectivity index (χ0n) is 10.8. The van der Waals surface area contributed by atoms with E-state index in [-0.39, 0.29) is 11.6 Å². The fourth-order valence-electron chi connectivity index (χ4n) is 1.55. The summed E-state index contributed by atoms with van der Waals surface area (Å²) in [6, 6.07) is 0.606. The number of carbonyl (C=O) groups is 2. The SMILES string of the molecule is CCNc1nc(N(CC(N)=O)CC(N)=O)c(F)cc1F. The summed E-state index contributed by atoms with van der Waals surface area (Å²) in [6.45, 7) is 1.13. The van der Waals surface area contributed by atoms with E-state index in [2.05, 4.69) is 10.3 Å². The van der Waals surface area contributed by atoms with Crippen LogP contribution in [0.15, 0.2) is 6.07 Å². The lowest BCUT2D eigenvalue weighted by atomic mass is 10.3. The van der Waals surface area contributed by atoms with Crippen molar-refractivity contribution in [2.24, 2.45) is 11.5 Å². The number of anilines is 2. The second-order valence-corrected chi connectivity index (χ2v) is 3.94. The van der Waals surface area contributed by atoms with Gasteiger partial charge < -0.3 is 21.7 Å². The number of rotatable bonds is 7. The van der Waals surface area contributed by atoms with E-state index in [1.165, 1.54) is 0 Å². The molecule has 5 N–H and O–H groups in total. The van der Waals surface area contributed by atoms with E-state index in [4.69, 9.17) is 11.5 Å². The number of pyridine rings is 1. The maximum atomic E-state index is 13.7. The van der Waals surface area contributed by atoms with Crippen molar-refractivity contribution in [3.8, 4) is 0 Å². The van der Waals surface area contributed by atoms with Crippen LogP contribution in [-0.2, 0) is 9.59 Å². The largest absolute Gasteiger partial charge is 0.368 e. The van der Waals surface area contributed by atoms with Gasteiger partial charge in [0.2, 0.25) is 11.8 Å². The van der Waals surface area contributed by atoms with E-state index in [0.29, 0.717) is 12.6 Å². The minimum Gasteiger partial charge on any atom is -0.368 e. The van der Waals surface area contributed by atoms with Gasteiger partial charge in [-0.15, -0.1) is 0 Å². The first kappa shape index (κ1) is 15.6. The van der Waals surface area contributed by atoms with Crippen molar-refractivity contribution >= 4 is 23.5 Å². The molecule has 110 valence electrons. The molecule has 0 atom stereocenters. The Morgan fingerprint density at radius 2 is 1.80 bits per heavy atom. The summed E-state index contributed by atoms with van der Waals surface area (Å²) in [6.07, 6.45) is 0. The number of carbonyl (C=O) groups excluding carboxylic acids is 2. The molecule has 1 rings (SSSR count). The highest BCUT2D eigenvalue weighted by molar-refractivity contribution is 5.84. The number of aromatic nitrogens is 1. The normalized spacial score (nSPS) is 10.2. The lowest BCUT2D eigenvalue weighted by Crippen LogP contribution is -2.40. The summed E-state index contributed by atoms with van der Waals surface area (Å²) in [5.41, 5.74) is 10.0. The first-order valence-corrected chi connectivity index (χ1v) is 5.76. The Labute approximate surface area is 113 Å². The number of nitrogens with one attached hydrogen (secondary N) is 1. The van der Waals surface area contributed by atoms with Crippen LogP contribution in [0.4, 0.5) is 20.4 Å². The van der Waals surface area contributed by atoms with Gasteiger partial charge in [-0.1, -0.05) is 0 Å². The zero-order valence-corrected chi connectivity index (χ0v) is 10.8. The molecule has 0 radical (unpaired) electrons. The molecule has 9 heteroatoms. The maximum absolute atomic E-state index is 13.7. The Balaban J connectivity index is 3.19. The lowest BCUT2D eigenvalue weighted by molar-refractivity contribution is -0.117. The lowest BCUT2D eigenvalue weighted by Gasteiger charge is -2.21. The fourth-order valence-corrected chi connectivity index (χ4v) is 1.55. The topological polar surface area (TPSA) is 114 Å². The summed E-state index contributed by atoms with van der Waals surface area (Å²) in [5, 5.41) is 2.59. The van der Waals surface area contributed by atoms with Crippen LogP contribution in [0.3, 0.4) is 0 Å². The predicted molar refractivity (Wildman–Crippen MR) is 68.9 cm³/mol. The first-order valence-electron chi connectivity index (χ1n) is 5.76. The highest BCUT2D eigenvalue weighted by Crippen LogP contribution is 2.22. The minimum atomic E-state index is -1.02. The van der Waals surface area contributed by atoms with Gasteiger partial charge in [0, 0.05) is 12.6 Å². The Hall–Kier alpha value is -2.45. The molecule has 1 aromatic rings. The number of halogens is 2. The van der Waals surface area contributed by atoms with Crippen molar-refractivity contribution in [3.63, 3.8) is 0 Å². The second-order valence-electron chi connectivity index (χ2n) is 3.94. The molecule has 0 saturated heterocycles. The molecule has 0 aliphatic carbocycles. The van der Waals surface area contributed by atoms with Crippen LogP contribution in [-0.4, -0.2) is 36.4 Å². The third kappa shape index (κ3) is 4.04. The number of amides is 2. The van der Waals surface area contributed by atoms with E-state index < -0.39 is 36.5 Å². The molecule has 0 saturated carbocycles. The van der Waals surface area contributed by atoms with Crippen molar-refractivity contribution in [1.82, 2.24) is 4.98 Å². The summed E-state index contributed by atoms with van der Waals surface area (Å²) < 4.78 is 27.2. The van der Waals surface area contributed by atoms with Gasteiger partial charge in [0.1, 0.15) is 0 Å². The molecule has 7 nitrogen and oxygen atoms in total. The van der Waals surface area contributed by atoms with Gasteiger partial charge in [0.05, 0.1) is 13.1 Å². The van der Waals surface area contributed by atoms with Crippen LogP contribution in [0.5, 0.6) is 0 Å². The van der Waals surface area contributed by atoms with Gasteiger partial charge in [-0.3, -0.25) is 9.59 Å². The molecule has 1 aromatic heterocycles. The minimum absolute atomic E-state index is 0.192. The summed E-state index contributed by atoms with van der Waals surface area (Å²) in [5.74, 6) is -4.08. The highest BCUT2D eigenvalue weighted by Gasteiger charge is 2.20. The molecule has 0 aromatic carbocycles. The number of hydrogen-bond acceptors (Lipinski definition) is 5. The predicted octanol–water partition coefficient (Wildman–Crippen LogP) is -0.431. The summed E-state index contributed by atoms with van der Waals surface area (Å²) in [4.78, 5) is 26.5. The zero-order chi connectivity index (χ0) is 15.3. The van der Waals surface area contributed by atoms with Crippen LogP contribution >= 0.6 is 0 Å². The molecular formula is C11H15F2N5O2. The number of primary amides is 2. The smallest absolute Gasteiger partial charge is 0.237 e. The molecule has 0 bridgehead atoms. The standard InChI is InChI=1S/C11H15F2N5O2/c1-2-16-10-6(12)3-7(13)11(17-10)18(4-8(14)19)5-9(15)20/h3H,2,4-5H2,1H3,(H2,14,19)(H2,15,20)(H,16,17). The Bertz CT molecular complexity index is 508. The van der Waals surface area contributed by atoms with E-state index in [0.717, 1.165) is 4.90 Å². The van der Waals surface area contributed by atoms with Crippen molar-refractivity contribution in [1.29, 1.82) is 0 Å². The van der Waals surface area contributed by atoms with Crippen LogP contribution in [0.2, 0.25) is 0 Å². The Kier molecular flexibility index (Phi) is 5.18. The number of nitrogens with two attached hydrogens (primary N) is 2. The molecule has 2 amide bonds. The molecule has 1 heterocycles. The summed E-state index contributed by atoms with van der Waals surface area (Å²) in [7, 11) is 0. The third-order valence-electron chi connectivity index (χ3n) is 2.25. The molecule has 0 aliphatic heterocycles. The second kappa shape index (κ2) is 6.64. The quantitative estimate of drug-likeness (QED) is 0.629. The van der Waals surface area contributed by atoms with E-state index >= 15 is 0 Å². The molecule has 0 spiro atoms. The monoisotopic (exact) mass is 287 g/mol. The van der Waals surface area contributed by atoms with Crippen LogP contribution in [0, 0.1) is 11.6 Å². The molecule has 0 aliphatic rings. The third-order valence-corrected chi connectivity index (χ3v) is 2.25. The molecular weight excluding hydrogens is 272 g/mol. The van der Waals surface area contributed by atoms with Gasteiger partial charge >= 0.3 is 0 Å². The molecule has 20 heavy (non-hydrogen) atoms. The van der Waals surface area contributed by atoms with Crippen molar-refractivity contribution in [2.45, 2.75) is 6.92 Å². The number of nitrogens with zero attached hydrogens (tertiary/aromatic N) is 2. The number of hydrogen-bond donors (Lipinski definition) is 3. The summed E-state index contributed by atoms with van der Waals surface area (Å²) >= 11 is 0. The maximum Gasteiger partial charge on any atom is 0.237 e. The average molecular weight is 287 g/mol. The fraction of sp³-hybridized carbons (Fsp3) is 0.364. The average Bonchev–Trinajstić information content (AvgIpc) is 2.30. The Morgan fingerprint density at radius 3 is 2.25 bits per heavy atom. The Morgan fingerprint density at radius 1 is 1.25 bits per heavy atom. The van der Waals surface area contributed by atoms with Crippen LogP contribution in [0.1, 0.15) is 6.92 Å². The van der Waals surface area contributed by atoms with E-state index in [9.17, 15) is 18.4 Å². The van der Waals surface area contributed by atoms with Gasteiger partial charge in [0.25, 0.3) is 0 Å². The van der Waals surface area contributed by atoms with Gasteiger partial charge in [-0.05, 0) is 6.92 Å². The van der Waals surface area contributed by atoms with Crippen LogP contribution < -0.4 is 21.7 Å². The molecule has 0 unspecified atom stereocenters. The van der Waals surface area contributed by atoms with Crippen molar-refractivity contribution in [3.05, 3.63) is 17.7 Å². The van der Waals surface area contributed by atoms with E-state index in [1.54, 1.807) is 6.92 Å². The van der Waals surface area contributed by atoms with Crippen molar-refractivity contribution in [2.75, 3.05) is 29.9 Å². The molecule has 0 fully saturated rings. The van der Waals surface area contributed by atoms with Gasteiger partial charge in [-0.25, -0.2) is 13.8 Å². The van der Waals surface area contributed by atoms with Crippen LogP contribution in [0.25, 0.3) is 0 Å². The highest BCUT2D eigenvalue weighted by atomic mass is 19.1. The first-order chi connectivity index (χ1) is 9.35. The van der Waals surface area contributed by atoms with Gasteiger partial charge in [-0.2, -0.15) is 0 Å².